The number of ether oxygens (including phenoxy) is 1. The fourth-order valence-electron chi connectivity index (χ4n) is 4.66. The van der Waals surface area contributed by atoms with Crippen LogP contribution in [0.25, 0.3) is 16.1 Å². The lowest BCUT2D eigenvalue weighted by molar-refractivity contribution is -0.142. The van der Waals surface area contributed by atoms with Gasteiger partial charge in [0.05, 0.1) is 24.9 Å². The number of rotatable bonds is 6. The summed E-state index contributed by atoms with van der Waals surface area (Å²) in [6.45, 7) is 7.94. The van der Waals surface area contributed by atoms with E-state index < -0.39 is 17.9 Å². The molecule has 0 saturated heterocycles. The summed E-state index contributed by atoms with van der Waals surface area (Å²) in [6.07, 6.45) is 3.90. The molecule has 1 aromatic carbocycles. The molecule has 1 unspecified atom stereocenters. The fraction of sp³-hybridized carbons (Fsp3) is 0.296. The minimum Gasteiger partial charge on any atom is -0.495 e. The largest absolute Gasteiger partial charge is 0.495 e. The van der Waals surface area contributed by atoms with Crippen molar-refractivity contribution in [3.05, 3.63) is 75.9 Å². The van der Waals surface area contributed by atoms with E-state index in [1.165, 1.54) is 4.88 Å². The van der Waals surface area contributed by atoms with Crippen LogP contribution >= 0.6 is 11.3 Å². The lowest BCUT2D eigenvalue weighted by Crippen LogP contribution is -2.23. The number of benzene rings is 1. The fourth-order valence-corrected chi connectivity index (χ4v) is 5.87. The van der Waals surface area contributed by atoms with Gasteiger partial charge in [-0.1, -0.05) is 31.2 Å². The third-order valence-corrected chi connectivity index (χ3v) is 7.96. The van der Waals surface area contributed by atoms with Crippen molar-refractivity contribution in [2.75, 3.05) is 7.11 Å². The van der Waals surface area contributed by atoms with Crippen molar-refractivity contribution in [1.29, 1.82) is 0 Å². The summed E-state index contributed by atoms with van der Waals surface area (Å²) in [5.41, 5.74) is 5.76. The van der Waals surface area contributed by atoms with Crippen molar-refractivity contribution in [2.45, 2.75) is 40.2 Å². The van der Waals surface area contributed by atoms with Gasteiger partial charge in [0.15, 0.2) is 5.82 Å². The zero-order chi connectivity index (χ0) is 25.6. The van der Waals surface area contributed by atoms with Gasteiger partial charge in [-0.3, -0.25) is 19.3 Å². The molecular weight excluding hydrogens is 474 g/mol. The van der Waals surface area contributed by atoms with Crippen LogP contribution in [0.2, 0.25) is 0 Å². The Kier molecular flexibility index (Phi) is 6.17. The summed E-state index contributed by atoms with van der Waals surface area (Å²) < 4.78 is 7.31. The number of carboxylic acid groups (broad SMARTS) is 1. The van der Waals surface area contributed by atoms with E-state index in [9.17, 15) is 9.90 Å². The molecule has 0 amide bonds. The number of aromatic nitrogens is 4. The second kappa shape index (κ2) is 9.31. The van der Waals surface area contributed by atoms with E-state index in [2.05, 4.69) is 29.0 Å². The van der Waals surface area contributed by atoms with Crippen LogP contribution < -0.4 is 4.74 Å². The maximum atomic E-state index is 12.2. The molecule has 0 radical (unpaired) electrons. The molecule has 4 aromatic rings. The number of carboxylic acids is 1. The average molecular weight is 502 g/mol. The van der Waals surface area contributed by atoms with Crippen LogP contribution in [0.3, 0.4) is 0 Å². The molecule has 184 valence electrons. The highest BCUT2D eigenvalue weighted by molar-refractivity contribution is 7.15. The monoisotopic (exact) mass is 501 g/mol. The Labute approximate surface area is 213 Å². The van der Waals surface area contributed by atoms with E-state index in [1.54, 1.807) is 30.8 Å². The summed E-state index contributed by atoms with van der Waals surface area (Å²) >= 11 is 1.66. The quantitative estimate of drug-likeness (QED) is 0.383. The minimum absolute atomic E-state index is 0.427. The van der Waals surface area contributed by atoms with Crippen LogP contribution in [0.5, 0.6) is 5.75 Å². The Bertz CT molecular complexity index is 1490. The van der Waals surface area contributed by atoms with E-state index in [0.29, 0.717) is 18.0 Å². The van der Waals surface area contributed by atoms with E-state index in [1.807, 2.05) is 48.7 Å². The Hall–Kier alpha value is -3.85. The first-order valence-electron chi connectivity index (χ1n) is 11.8. The Balaban J connectivity index is 1.70. The summed E-state index contributed by atoms with van der Waals surface area (Å²) in [5, 5.41) is 19.7. The zero-order valence-corrected chi connectivity index (χ0v) is 21.6. The highest BCUT2D eigenvalue weighted by atomic mass is 32.1. The highest BCUT2D eigenvalue weighted by Gasteiger charge is 2.37. The van der Waals surface area contributed by atoms with Gasteiger partial charge in [0.1, 0.15) is 22.6 Å². The molecule has 5 rings (SSSR count). The summed E-state index contributed by atoms with van der Waals surface area (Å²) in [4.78, 5) is 22.8. The average Bonchev–Trinajstić information content (AvgIpc) is 3.35. The number of aryl methyl sites for hydroxylation is 2. The number of carbonyl (C=O) groups is 1. The number of fused-ring (bicyclic) bond motifs is 3. The molecule has 0 aliphatic carbocycles. The Morgan fingerprint density at radius 2 is 1.83 bits per heavy atom. The number of aliphatic carboxylic acids is 1. The Morgan fingerprint density at radius 3 is 2.50 bits per heavy atom. The predicted octanol–water partition coefficient (Wildman–Crippen LogP) is 5.33. The first-order valence-corrected chi connectivity index (χ1v) is 12.6. The van der Waals surface area contributed by atoms with Crippen LogP contribution in [-0.4, -0.2) is 43.6 Å². The van der Waals surface area contributed by atoms with Gasteiger partial charge >= 0.3 is 5.97 Å². The van der Waals surface area contributed by atoms with Crippen molar-refractivity contribution in [3.8, 4) is 21.9 Å². The van der Waals surface area contributed by atoms with Gasteiger partial charge in [0, 0.05) is 27.8 Å². The number of hydrogen-bond acceptors (Lipinski definition) is 7. The molecule has 3 aromatic heterocycles. The minimum atomic E-state index is -0.892. The summed E-state index contributed by atoms with van der Waals surface area (Å²) in [5.74, 6) is 0.365. The molecule has 4 heterocycles. The number of aliphatic imine (C=N–C) groups is 1. The van der Waals surface area contributed by atoms with Crippen molar-refractivity contribution in [3.63, 3.8) is 0 Å². The third-order valence-electron chi connectivity index (χ3n) is 6.77. The molecule has 0 fully saturated rings. The SMILES string of the molecule is CCC(C(=O)O)[C@@H]1N=C(c2ccc(-c3cncc(OC)c3)cc2)c2c(sc(C)c2C)-n2c(C)nnc21. The second-order valence-corrected chi connectivity index (χ2v) is 10.1. The summed E-state index contributed by atoms with van der Waals surface area (Å²) in [7, 11) is 1.62. The van der Waals surface area contributed by atoms with Crippen molar-refractivity contribution < 1.29 is 14.6 Å². The van der Waals surface area contributed by atoms with Crippen LogP contribution in [0, 0.1) is 26.7 Å². The van der Waals surface area contributed by atoms with Gasteiger partial charge in [-0.15, -0.1) is 21.5 Å². The molecule has 1 N–H and O–H groups in total. The Morgan fingerprint density at radius 1 is 1.11 bits per heavy atom. The van der Waals surface area contributed by atoms with Gasteiger partial charge in [0.25, 0.3) is 0 Å². The van der Waals surface area contributed by atoms with Crippen LogP contribution in [0.15, 0.2) is 47.7 Å². The highest BCUT2D eigenvalue weighted by Crippen LogP contribution is 2.41. The van der Waals surface area contributed by atoms with Gasteiger partial charge in [-0.2, -0.15) is 0 Å². The number of nitrogens with zero attached hydrogens (tertiary/aromatic N) is 5. The standard InChI is InChI=1S/C27H27N5O3S/c1-6-21(27(33)34)24-25-31-30-16(4)32(25)26-22(14(2)15(3)36-26)23(29-24)18-9-7-17(8-10-18)19-11-20(35-5)13-28-12-19/h7-13,21,24H,6H2,1-5H3,(H,33,34)/t21?,24-/m0/s1. The zero-order valence-electron chi connectivity index (χ0n) is 20.8. The topological polar surface area (TPSA) is 102 Å². The first kappa shape index (κ1) is 23.9. The van der Waals surface area contributed by atoms with Crippen molar-refractivity contribution >= 4 is 23.0 Å². The normalized spacial score (nSPS) is 15.5. The number of pyridine rings is 1. The lowest BCUT2D eigenvalue weighted by atomic mass is 9.95. The maximum absolute atomic E-state index is 12.2. The van der Waals surface area contributed by atoms with Crippen LogP contribution in [0.4, 0.5) is 0 Å². The number of methoxy groups -OCH3 is 1. The molecule has 0 bridgehead atoms. The van der Waals surface area contributed by atoms with Crippen LogP contribution in [0.1, 0.15) is 52.6 Å². The molecule has 1 aliphatic heterocycles. The number of thiophene rings is 1. The number of hydrogen-bond donors (Lipinski definition) is 1. The van der Waals surface area contributed by atoms with Gasteiger partial charge in [-0.05, 0) is 44.4 Å². The third kappa shape index (κ3) is 3.89. The molecule has 0 spiro atoms. The second-order valence-electron chi connectivity index (χ2n) is 8.87. The molecule has 8 nitrogen and oxygen atoms in total. The van der Waals surface area contributed by atoms with E-state index in [4.69, 9.17) is 9.73 Å². The molecule has 36 heavy (non-hydrogen) atoms. The lowest BCUT2D eigenvalue weighted by Gasteiger charge is -2.19. The van der Waals surface area contributed by atoms with E-state index in [-0.39, 0.29) is 0 Å². The smallest absolute Gasteiger partial charge is 0.309 e. The van der Waals surface area contributed by atoms with Gasteiger partial charge in [0.2, 0.25) is 0 Å². The first-order chi connectivity index (χ1) is 17.3. The molecule has 2 atom stereocenters. The van der Waals surface area contributed by atoms with Crippen molar-refractivity contribution in [2.24, 2.45) is 10.9 Å². The molecule has 1 aliphatic rings. The van der Waals surface area contributed by atoms with E-state index >= 15 is 0 Å². The van der Waals surface area contributed by atoms with Crippen LogP contribution in [-0.2, 0) is 4.79 Å². The predicted molar refractivity (Wildman–Crippen MR) is 139 cm³/mol. The van der Waals surface area contributed by atoms with Crippen molar-refractivity contribution in [1.82, 2.24) is 19.7 Å². The van der Waals surface area contributed by atoms with E-state index in [0.717, 1.165) is 44.4 Å². The maximum Gasteiger partial charge on any atom is 0.309 e. The summed E-state index contributed by atoms with van der Waals surface area (Å²) in [6, 6.07) is 9.40. The van der Waals surface area contributed by atoms with Gasteiger partial charge in [-0.25, -0.2) is 0 Å². The molecule has 9 heteroatoms. The van der Waals surface area contributed by atoms with Gasteiger partial charge < -0.3 is 9.84 Å². The molecular formula is C27H27N5O3S. The molecule has 0 saturated carbocycles.